The summed E-state index contributed by atoms with van der Waals surface area (Å²) in [6, 6.07) is 18.6. The largest absolute Gasteiger partial charge is 0.290 e. The van der Waals surface area contributed by atoms with Crippen molar-refractivity contribution >= 4 is 17.0 Å². The van der Waals surface area contributed by atoms with Gasteiger partial charge >= 0.3 is 0 Å². The second kappa shape index (κ2) is 5.47. The number of nitrogens with zero attached hydrogens (tertiary/aromatic N) is 2. The second-order valence-electron chi connectivity index (χ2n) is 4.78. The molecule has 0 bridgehead atoms. The van der Waals surface area contributed by atoms with Gasteiger partial charge in [0.2, 0.25) is 0 Å². The first-order valence-electron chi connectivity index (χ1n) is 6.58. The van der Waals surface area contributed by atoms with Gasteiger partial charge in [-0.3, -0.25) is 4.57 Å². The highest BCUT2D eigenvalue weighted by Crippen LogP contribution is 2.14. The molecule has 0 aliphatic carbocycles. The van der Waals surface area contributed by atoms with Crippen molar-refractivity contribution in [2.75, 3.05) is 0 Å². The molecule has 0 unspecified atom stereocenters. The summed E-state index contributed by atoms with van der Waals surface area (Å²) in [6.45, 7) is 4.21. The van der Waals surface area contributed by atoms with Gasteiger partial charge in [0.05, 0.1) is 5.69 Å². The molecule has 0 atom stereocenters. The summed E-state index contributed by atoms with van der Waals surface area (Å²) in [5, 5.41) is 2.14. The third-order valence-corrected chi connectivity index (χ3v) is 4.10. The van der Waals surface area contributed by atoms with Crippen molar-refractivity contribution in [1.29, 1.82) is 0 Å². The molecule has 0 radical (unpaired) electrons. The Morgan fingerprint density at radius 3 is 2.30 bits per heavy atom. The first kappa shape index (κ1) is 12.9. The lowest BCUT2D eigenvalue weighted by molar-refractivity contribution is 0.953. The molecule has 1 aromatic heterocycles. The van der Waals surface area contributed by atoms with Crippen LogP contribution in [0.15, 0.2) is 65.0 Å². The molecule has 0 saturated carbocycles. The molecule has 0 amide bonds. The summed E-state index contributed by atoms with van der Waals surface area (Å²) >= 11 is 1.67. The Morgan fingerprint density at radius 1 is 0.900 bits per heavy atom. The maximum absolute atomic E-state index is 4.74. The van der Waals surface area contributed by atoms with Gasteiger partial charge in [-0.15, -0.1) is 11.3 Å². The van der Waals surface area contributed by atoms with E-state index in [4.69, 9.17) is 4.99 Å². The van der Waals surface area contributed by atoms with Crippen molar-refractivity contribution in [3.63, 3.8) is 0 Å². The van der Waals surface area contributed by atoms with E-state index in [0.29, 0.717) is 0 Å². The number of aromatic nitrogens is 1. The Hall–Kier alpha value is -2.13. The van der Waals surface area contributed by atoms with E-state index in [9.17, 15) is 0 Å². The fraction of sp³-hybridized carbons (Fsp3) is 0.118. The molecule has 0 aliphatic rings. The van der Waals surface area contributed by atoms with Gasteiger partial charge in [-0.25, -0.2) is 4.99 Å². The predicted molar refractivity (Wildman–Crippen MR) is 84.8 cm³/mol. The molecule has 2 aromatic carbocycles. The lowest BCUT2D eigenvalue weighted by Gasteiger charge is -2.06. The zero-order chi connectivity index (χ0) is 13.9. The van der Waals surface area contributed by atoms with Crippen LogP contribution in [-0.2, 0) is 0 Å². The zero-order valence-corrected chi connectivity index (χ0v) is 12.4. The average molecular weight is 280 g/mol. The number of aryl methyl sites for hydroxylation is 2. The summed E-state index contributed by atoms with van der Waals surface area (Å²) in [4.78, 5) is 5.74. The highest BCUT2D eigenvalue weighted by molar-refractivity contribution is 7.07. The van der Waals surface area contributed by atoms with E-state index < -0.39 is 0 Å². The standard InChI is InChI=1S/C17H16N2S/c1-13-8-10-16(11-9-13)19-14(2)12-20-17(19)18-15-6-4-3-5-7-15/h3-12H,1-2H3. The molecule has 1 heterocycles. The Morgan fingerprint density at radius 2 is 1.60 bits per heavy atom. The number of hydrogen-bond donors (Lipinski definition) is 0. The van der Waals surface area contributed by atoms with E-state index in [1.165, 1.54) is 11.3 Å². The molecule has 2 nitrogen and oxygen atoms in total. The highest BCUT2D eigenvalue weighted by Gasteiger charge is 2.04. The molecule has 3 aromatic rings. The smallest absolute Gasteiger partial charge is 0.194 e. The lowest BCUT2D eigenvalue weighted by atomic mass is 10.2. The summed E-state index contributed by atoms with van der Waals surface area (Å²) in [5.41, 5.74) is 4.61. The van der Waals surface area contributed by atoms with E-state index in [1.54, 1.807) is 11.3 Å². The van der Waals surface area contributed by atoms with Crippen molar-refractivity contribution < 1.29 is 0 Å². The van der Waals surface area contributed by atoms with E-state index in [1.807, 2.05) is 30.3 Å². The van der Waals surface area contributed by atoms with Crippen LogP contribution in [0.25, 0.3) is 5.69 Å². The fourth-order valence-electron chi connectivity index (χ4n) is 2.09. The van der Waals surface area contributed by atoms with E-state index in [0.717, 1.165) is 16.2 Å². The topological polar surface area (TPSA) is 17.3 Å². The SMILES string of the molecule is Cc1ccc(-n2c(C)csc2=Nc2ccccc2)cc1. The summed E-state index contributed by atoms with van der Waals surface area (Å²) < 4.78 is 2.19. The van der Waals surface area contributed by atoms with Gasteiger partial charge < -0.3 is 0 Å². The van der Waals surface area contributed by atoms with Gasteiger partial charge in [-0.1, -0.05) is 35.9 Å². The third kappa shape index (κ3) is 2.58. The number of hydrogen-bond acceptors (Lipinski definition) is 2. The number of para-hydroxylation sites is 1. The predicted octanol–water partition coefficient (Wildman–Crippen LogP) is 4.39. The van der Waals surface area contributed by atoms with E-state index >= 15 is 0 Å². The lowest BCUT2D eigenvalue weighted by Crippen LogP contribution is -2.13. The molecule has 0 saturated heterocycles. The van der Waals surface area contributed by atoms with Gasteiger partial charge in [-0.05, 0) is 38.1 Å². The maximum atomic E-state index is 4.74. The quantitative estimate of drug-likeness (QED) is 0.662. The van der Waals surface area contributed by atoms with Crippen molar-refractivity contribution in [2.45, 2.75) is 13.8 Å². The van der Waals surface area contributed by atoms with Crippen LogP contribution in [0.3, 0.4) is 0 Å². The Balaban J connectivity index is 2.15. The number of benzene rings is 2. The van der Waals surface area contributed by atoms with Gasteiger partial charge in [0.1, 0.15) is 0 Å². The first-order valence-corrected chi connectivity index (χ1v) is 7.46. The molecular formula is C17H16N2S. The van der Waals surface area contributed by atoms with Crippen LogP contribution in [0.5, 0.6) is 0 Å². The Bertz CT molecular complexity index is 765. The molecule has 3 heteroatoms. The van der Waals surface area contributed by atoms with Gasteiger partial charge in [-0.2, -0.15) is 0 Å². The summed E-state index contributed by atoms with van der Waals surface area (Å²) in [5.74, 6) is 0. The minimum absolute atomic E-state index is 0.982. The van der Waals surface area contributed by atoms with Crippen LogP contribution < -0.4 is 4.80 Å². The molecule has 0 aliphatic heterocycles. The van der Waals surface area contributed by atoms with Crippen LogP contribution in [0.2, 0.25) is 0 Å². The van der Waals surface area contributed by atoms with Crippen molar-refractivity contribution in [1.82, 2.24) is 4.57 Å². The van der Waals surface area contributed by atoms with Crippen LogP contribution in [0.4, 0.5) is 5.69 Å². The summed E-state index contributed by atoms with van der Waals surface area (Å²) in [7, 11) is 0. The average Bonchev–Trinajstić information content (AvgIpc) is 2.82. The maximum Gasteiger partial charge on any atom is 0.194 e. The van der Waals surface area contributed by atoms with E-state index in [-0.39, 0.29) is 0 Å². The zero-order valence-electron chi connectivity index (χ0n) is 11.6. The molecule has 100 valence electrons. The van der Waals surface area contributed by atoms with Gasteiger partial charge in [0.15, 0.2) is 4.80 Å². The van der Waals surface area contributed by atoms with Crippen molar-refractivity contribution in [2.24, 2.45) is 4.99 Å². The Labute approximate surface area is 122 Å². The Kier molecular flexibility index (Phi) is 3.52. The van der Waals surface area contributed by atoms with Gasteiger partial charge in [0.25, 0.3) is 0 Å². The highest BCUT2D eigenvalue weighted by atomic mass is 32.1. The molecule has 0 spiro atoms. The summed E-state index contributed by atoms with van der Waals surface area (Å²) in [6.07, 6.45) is 0. The van der Waals surface area contributed by atoms with Gasteiger partial charge in [0, 0.05) is 16.8 Å². The van der Waals surface area contributed by atoms with Crippen LogP contribution >= 0.6 is 11.3 Å². The van der Waals surface area contributed by atoms with Crippen molar-refractivity contribution in [3.05, 3.63) is 76.0 Å². The molecule has 20 heavy (non-hydrogen) atoms. The number of rotatable bonds is 2. The molecule has 0 fully saturated rings. The first-order chi connectivity index (χ1) is 9.74. The van der Waals surface area contributed by atoms with E-state index in [2.05, 4.69) is 48.1 Å². The number of thiazole rings is 1. The minimum Gasteiger partial charge on any atom is -0.290 e. The fourth-order valence-corrected chi connectivity index (χ4v) is 2.99. The monoisotopic (exact) mass is 280 g/mol. The third-order valence-electron chi connectivity index (χ3n) is 3.15. The molecule has 0 N–H and O–H groups in total. The molecular weight excluding hydrogens is 264 g/mol. The molecule has 3 rings (SSSR count). The van der Waals surface area contributed by atoms with Crippen molar-refractivity contribution in [3.8, 4) is 5.69 Å². The normalized spacial score (nSPS) is 11.8. The van der Waals surface area contributed by atoms with Crippen LogP contribution in [-0.4, -0.2) is 4.57 Å². The second-order valence-corrected chi connectivity index (χ2v) is 5.61. The minimum atomic E-state index is 0.982. The van der Waals surface area contributed by atoms with Crippen LogP contribution in [0.1, 0.15) is 11.3 Å². The van der Waals surface area contributed by atoms with Crippen LogP contribution in [0, 0.1) is 13.8 Å².